The molecule has 0 radical (unpaired) electrons. The van der Waals surface area contributed by atoms with Crippen molar-refractivity contribution in [1.82, 2.24) is 15.6 Å². The van der Waals surface area contributed by atoms with Gasteiger partial charge in [-0.05, 0) is 66.6 Å². The highest BCUT2D eigenvalue weighted by Crippen LogP contribution is 2.28. The molecule has 0 atom stereocenters. The van der Waals surface area contributed by atoms with E-state index >= 15 is 0 Å². The highest BCUT2D eigenvalue weighted by molar-refractivity contribution is 5.94. The van der Waals surface area contributed by atoms with Crippen LogP contribution in [0.15, 0.2) is 84.0 Å². The molecule has 0 fully saturated rings. The predicted molar refractivity (Wildman–Crippen MR) is 134 cm³/mol. The number of amides is 1. The van der Waals surface area contributed by atoms with E-state index < -0.39 is 5.91 Å². The Kier molecular flexibility index (Phi) is 7.75. The second-order valence-electron chi connectivity index (χ2n) is 7.51. The Bertz CT molecular complexity index is 1280. The minimum absolute atomic E-state index is 0.299. The smallest absolute Gasteiger partial charge is 0.289 e. The molecule has 8 heteroatoms. The molecule has 8 nitrogen and oxygen atoms in total. The topological polar surface area (TPSA) is 97.8 Å². The van der Waals surface area contributed by atoms with Crippen LogP contribution < -0.4 is 19.6 Å². The molecule has 1 aromatic heterocycles. The highest BCUT2D eigenvalue weighted by atomic mass is 16.5. The number of rotatable bonds is 10. The molecule has 35 heavy (non-hydrogen) atoms. The summed E-state index contributed by atoms with van der Waals surface area (Å²) in [6.45, 7) is 2.94. The Morgan fingerprint density at radius 3 is 2.54 bits per heavy atom. The molecule has 2 N–H and O–H groups in total. The lowest BCUT2D eigenvalue weighted by Gasteiger charge is -2.11. The number of carbonyl (C=O) groups excluding carboxylic acids is 1. The van der Waals surface area contributed by atoms with Crippen molar-refractivity contribution in [3.05, 3.63) is 95.7 Å². The van der Waals surface area contributed by atoms with Gasteiger partial charge in [-0.25, -0.2) is 5.43 Å². The molecule has 1 heterocycles. The van der Waals surface area contributed by atoms with Crippen LogP contribution in [0.4, 0.5) is 0 Å². The summed E-state index contributed by atoms with van der Waals surface area (Å²) in [4.78, 5) is 12.5. The van der Waals surface area contributed by atoms with Crippen LogP contribution in [0.2, 0.25) is 0 Å². The zero-order valence-corrected chi connectivity index (χ0v) is 19.5. The zero-order valence-electron chi connectivity index (χ0n) is 19.5. The van der Waals surface area contributed by atoms with Gasteiger partial charge in [-0.3, -0.25) is 9.89 Å². The van der Waals surface area contributed by atoms with Gasteiger partial charge in [0.2, 0.25) is 0 Å². The quantitative estimate of drug-likeness (QED) is 0.256. The van der Waals surface area contributed by atoms with E-state index in [1.165, 1.54) is 6.21 Å². The molecule has 178 valence electrons. The van der Waals surface area contributed by atoms with E-state index in [-0.39, 0.29) is 0 Å². The van der Waals surface area contributed by atoms with E-state index in [1.807, 2.05) is 67.6 Å². The van der Waals surface area contributed by atoms with Crippen LogP contribution in [0.25, 0.3) is 11.3 Å². The average Bonchev–Trinajstić information content (AvgIpc) is 3.39. The van der Waals surface area contributed by atoms with E-state index in [4.69, 9.17) is 14.2 Å². The number of carbonyl (C=O) groups is 1. The van der Waals surface area contributed by atoms with Crippen LogP contribution in [0.5, 0.6) is 17.2 Å². The fraction of sp³-hybridized carbons (Fsp3) is 0.148. The van der Waals surface area contributed by atoms with Crippen LogP contribution >= 0.6 is 0 Å². The minimum Gasteiger partial charge on any atom is -0.494 e. The summed E-state index contributed by atoms with van der Waals surface area (Å²) in [5.41, 5.74) is 6.12. The molecule has 0 aliphatic carbocycles. The van der Waals surface area contributed by atoms with Gasteiger partial charge in [-0.15, -0.1) is 0 Å². The predicted octanol–water partition coefficient (Wildman–Crippen LogP) is 4.83. The monoisotopic (exact) mass is 470 g/mol. The van der Waals surface area contributed by atoms with Gasteiger partial charge >= 0.3 is 0 Å². The average molecular weight is 471 g/mol. The SMILES string of the molecule is CCOc1ccc(-c2cc(C(=O)NN=Cc3ccc(OC)c(OCc4ccccc4)c3)[nH]n2)cc1. The molecule has 0 saturated heterocycles. The number of hydrogen-bond donors (Lipinski definition) is 2. The van der Waals surface area contributed by atoms with E-state index in [0.717, 1.165) is 22.4 Å². The Balaban J connectivity index is 1.37. The number of hydrazone groups is 1. The fourth-order valence-corrected chi connectivity index (χ4v) is 3.32. The first kappa shape index (κ1) is 23.6. The highest BCUT2D eigenvalue weighted by Gasteiger charge is 2.11. The van der Waals surface area contributed by atoms with Crippen molar-refractivity contribution in [2.75, 3.05) is 13.7 Å². The van der Waals surface area contributed by atoms with Crippen LogP contribution in [-0.2, 0) is 6.61 Å². The number of aromatic amines is 1. The van der Waals surface area contributed by atoms with Crippen molar-refractivity contribution in [3.63, 3.8) is 0 Å². The third-order valence-electron chi connectivity index (χ3n) is 5.09. The molecular formula is C27H26N4O4. The normalized spacial score (nSPS) is 10.8. The van der Waals surface area contributed by atoms with Crippen molar-refractivity contribution in [2.24, 2.45) is 5.10 Å². The number of nitrogens with one attached hydrogen (secondary N) is 2. The third kappa shape index (κ3) is 6.26. The van der Waals surface area contributed by atoms with Gasteiger partial charge in [-0.2, -0.15) is 10.2 Å². The van der Waals surface area contributed by atoms with Gasteiger partial charge in [0.25, 0.3) is 5.91 Å². The first-order valence-electron chi connectivity index (χ1n) is 11.1. The Morgan fingerprint density at radius 1 is 1.00 bits per heavy atom. The van der Waals surface area contributed by atoms with Gasteiger partial charge in [0, 0.05) is 5.56 Å². The number of ether oxygens (including phenoxy) is 3. The Morgan fingerprint density at radius 2 is 1.80 bits per heavy atom. The number of aromatic nitrogens is 2. The largest absolute Gasteiger partial charge is 0.494 e. The van der Waals surface area contributed by atoms with Crippen molar-refractivity contribution in [2.45, 2.75) is 13.5 Å². The summed E-state index contributed by atoms with van der Waals surface area (Å²) in [6, 6.07) is 24.5. The zero-order chi connectivity index (χ0) is 24.5. The van der Waals surface area contributed by atoms with Gasteiger partial charge < -0.3 is 14.2 Å². The summed E-state index contributed by atoms with van der Waals surface area (Å²) < 4.78 is 16.8. The Hall–Kier alpha value is -4.59. The van der Waals surface area contributed by atoms with Crippen molar-refractivity contribution in [3.8, 4) is 28.5 Å². The van der Waals surface area contributed by atoms with E-state index in [0.29, 0.717) is 36.1 Å². The molecule has 0 bridgehead atoms. The second-order valence-corrected chi connectivity index (χ2v) is 7.51. The molecule has 4 aromatic rings. The number of hydrogen-bond acceptors (Lipinski definition) is 6. The molecule has 0 spiro atoms. The van der Waals surface area contributed by atoms with Gasteiger partial charge in [-0.1, -0.05) is 30.3 Å². The molecule has 0 aliphatic heterocycles. The molecule has 4 rings (SSSR count). The van der Waals surface area contributed by atoms with Crippen molar-refractivity contribution < 1.29 is 19.0 Å². The van der Waals surface area contributed by atoms with Crippen LogP contribution in [-0.4, -0.2) is 36.0 Å². The number of H-pyrrole nitrogens is 1. The maximum absolute atomic E-state index is 12.5. The van der Waals surface area contributed by atoms with E-state index in [1.54, 1.807) is 25.3 Å². The summed E-state index contributed by atoms with van der Waals surface area (Å²) in [6.07, 6.45) is 1.54. The lowest BCUT2D eigenvalue weighted by atomic mass is 10.1. The standard InChI is InChI=1S/C27H26N4O4/c1-3-34-22-12-10-21(11-13-22)23-16-24(30-29-23)27(32)31-28-17-20-9-14-25(33-2)26(15-20)35-18-19-7-5-4-6-8-19/h4-17H,3,18H2,1-2H3,(H,29,30)(H,31,32). The fourth-order valence-electron chi connectivity index (χ4n) is 3.32. The third-order valence-corrected chi connectivity index (χ3v) is 5.09. The molecule has 0 saturated carbocycles. The Labute approximate surface area is 203 Å². The van der Waals surface area contributed by atoms with E-state index in [2.05, 4.69) is 20.7 Å². The van der Waals surface area contributed by atoms with Gasteiger partial charge in [0.1, 0.15) is 18.1 Å². The number of methoxy groups -OCH3 is 1. The second kappa shape index (κ2) is 11.5. The lowest BCUT2D eigenvalue weighted by molar-refractivity contribution is 0.0950. The molecular weight excluding hydrogens is 444 g/mol. The van der Waals surface area contributed by atoms with Crippen LogP contribution in [0.1, 0.15) is 28.5 Å². The van der Waals surface area contributed by atoms with Crippen LogP contribution in [0.3, 0.4) is 0 Å². The summed E-state index contributed by atoms with van der Waals surface area (Å²) in [5, 5.41) is 11.0. The van der Waals surface area contributed by atoms with Crippen molar-refractivity contribution in [1.29, 1.82) is 0 Å². The summed E-state index contributed by atoms with van der Waals surface area (Å²) >= 11 is 0. The lowest BCUT2D eigenvalue weighted by Crippen LogP contribution is -2.18. The van der Waals surface area contributed by atoms with Crippen molar-refractivity contribution >= 4 is 12.1 Å². The summed E-state index contributed by atoms with van der Waals surface area (Å²) in [5.74, 6) is 1.58. The first-order chi connectivity index (χ1) is 17.2. The first-order valence-corrected chi connectivity index (χ1v) is 11.1. The summed E-state index contributed by atoms with van der Waals surface area (Å²) in [7, 11) is 1.59. The number of benzene rings is 3. The van der Waals surface area contributed by atoms with E-state index in [9.17, 15) is 4.79 Å². The number of nitrogens with zero attached hydrogens (tertiary/aromatic N) is 2. The molecule has 0 unspecified atom stereocenters. The maximum atomic E-state index is 12.5. The molecule has 3 aromatic carbocycles. The van der Waals surface area contributed by atoms with Gasteiger partial charge in [0.15, 0.2) is 11.5 Å². The molecule has 0 aliphatic rings. The maximum Gasteiger partial charge on any atom is 0.289 e. The molecule has 1 amide bonds. The minimum atomic E-state index is -0.403. The van der Waals surface area contributed by atoms with Crippen LogP contribution in [0, 0.1) is 0 Å². The van der Waals surface area contributed by atoms with Gasteiger partial charge in [0.05, 0.1) is 25.6 Å².